The maximum absolute atomic E-state index is 11.8. The van der Waals surface area contributed by atoms with Crippen molar-refractivity contribution in [3.8, 4) is 0 Å². The lowest BCUT2D eigenvalue weighted by molar-refractivity contribution is 0.283. The van der Waals surface area contributed by atoms with Crippen LogP contribution in [0, 0.1) is 6.92 Å². The van der Waals surface area contributed by atoms with Crippen molar-refractivity contribution in [3.63, 3.8) is 0 Å². The molecule has 0 aliphatic carbocycles. The zero-order valence-electron chi connectivity index (χ0n) is 12.5. The molecule has 0 saturated heterocycles. The van der Waals surface area contributed by atoms with Crippen molar-refractivity contribution in [1.82, 2.24) is 14.9 Å². The van der Waals surface area contributed by atoms with E-state index in [0.717, 1.165) is 19.6 Å². The van der Waals surface area contributed by atoms with Crippen LogP contribution >= 0.6 is 0 Å². The van der Waals surface area contributed by atoms with Crippen LogP contribution in [0.4, 0.5) is 0 Å². The lowest BCUT2D eigenvalue weighted by Crippen LogP contribution is -2.31. The van der Waals surface area contributed by atoms with Gasteiger partial charge < -0.3 is 4.98 Å². The molecule has 1 aromatic carbocycles. The first-order valence-corrected chi connectivity index (χ1v) is 7.18. The third-order valence-corrected chi connectivity index (χ3v) is 3.63. The van der Waals surface area contributed by atoms with E-state index in [1.165, 1.54) is 5.56 Å². The highest BCUT2D eigenvalue weighted by atomic mass is 16.2. The summed E-state index contributed by atoms with van der Waals surface area (Å²) in [5.74, 6) is 0. The third-order valence-electron chi connectivity index (χ3n) is 3.63. The molecule has 5 nitrogen and oxygen atoms in total. The van der Waals surface area contributed by atoms with Crippen molar-refractivity contribution < 1.29 is 0 Å². The lowest BCUT2D eigenvalue weighted by Gasteiger charge is -2.20. The van der Waals surface area contributed by atoms with Gasteiger partial charge in [0.25, 0.3) is 5.56 Å². The van der Waals surface area contributed by atoms with Crippen LogP contribution in [0.3, 0.4) is 0 Å². The second-order valence-electron chi connectivity index (χ2n) is 5.12. The molecule has 5 heteroatoms. The van der Waals surface area contributed by atoms with Gasteiger partial charge in [0.15, 0.2) is 0 Å². The first kappa shape index (κ1) is 15.3. The van der Waals surface area contributed by atoms with Crippen LogP contribution in [-0.2, 0) is 13.0 Å². The number of hydrogen-bond acceptors (Lipinski definition) is 3. The van der Waals surface area contributed by atoms with Gasteiger partial charge in [-0.15, -0.1) is 0 Å². The van der Waals surface area contributed by atoms with Crippen molar-refractivity contribution in [2.24, 2.45) is 0 Å². The summed E-state index contributed by atoms with van der Waals surface area (Å²) in [5.41, 5.74) is 1.83. The summed E-state index contributed by atoms with van der Waals surface area (Å²) in [4.78, 5) is 30.2. The van der Waals surface area contributed by atoms with Gasteiger partial charge in [-0.3, -0.25) is 14.7 Å². The van der Waals surface area contributed by atoms with E-state index < -0.39 is 5.69 Å². The molecular formula is C16H21N3O2. The summed E-state index contributed by atoms with van der Waals surface area (Å²) >= 11 is 0. The van der Waals surface area contributed by atoms with Gasteiger partial charge in [0.05, 0.1) is 0 Å². The second-order valence-corrected chi connectivity index (χ2v) is 5.12. The van der Waals surface area contributed by atoms with E-state index in [9.17, 15) is 9.59 Å². The summed E-state index contributed by atoms with van der Waals surface area (Å²) in [6.45, 7) is 6.42. The molecule has 112 valence electrons. The average Bonchev–Trinajstić information content (AvgIpc) is 2.46. The largest absolute Gasteiger partial charge is 0.325 e. The molecule has 0 saturated carbocycles. The van der Waals surface area contributed by atoms with Crippen molar-refractivity contribution in [1.29, 1.82) is 0 Å². The molecule has 0 atom stereocenters. The Hall–Kier alpha value is -2.14. The van der Waals surface area contributed by atoms with Gasteiger partial charge in [-0.2, -0.15) is 0 Å². The Labute approximate surface area is 123 Å². The van der Waals surface area contributed by atoms with E-state index in [0.29, 0.717) is 17.7 Å². The van der Waals surface area contributed by atoms with Gasteiger partial charge >= 0.3 is 5.69 Å². The van der Waals surface area contributed by atoms with Gasteiger partial charge in [0, 0.05) is 24.3 Å². The fourth-order valence-electron chi connectivity index (χ4n) is 2.39. The van der Waals surface area contributed by atoms with E-state index in [2.05, 4.69) is 33.9 Å². The number of benzene rings is 1. The second kappa shape index (κ2) is 7.04. The fraction of sp³-hybridized carbons (Fsp3) is 0.375. The molecular weight excluding hydrogens is 266 g/mol. The van der Waals surface area contributed by atoms with Crippen LogP contribution in [-0.4, -0.2) is 28.0 Å². The summed E-state index contributed by atoms with van der Waals surface area (Å²) in [5, 5.41) is 0. The zero-order chi connectivity index (χ0) is 15.2. The van der Waals surface area contributed by atoms with Gasteiger partial charge in [-0.05, 0) is 25.5 Å². The third kappa shape index (κ3) is 4.16. The number of nitrogens with one attached hydrogen (secondary N) is 2. The van der Waals surface area contributed by atoms with E-state index >= 15 is 0 Å². The molecule has 0 spiro atoms. The summed E-state index contributed by atoms with van der Waals surface area (Å²) in [6, 6.07) is 10.3. The number of H-pyrrole nitrogens is 2. The van der Waals surface area contributed by atoms with Crippen LogP contribution in [0.1, 0.15) is 23.7 Å². The number of likely N-dealkylation sites (N-methyl/N-ethyl adjacent to an activating group) is 1. The number of aryl methyl sites for hydroxylation is 1. The van der Waals surface area contributed by atoms with Crippen LogP contribution in [0.25, 0.3) is 0 Å². The molecule has 0 bridgehead atoms. The SMILES string of the molecule is CCN(CCc1c(C)[nH]c(=O)[nH]c1=O)Cc1ccccc1. The first-order chi connectivity index (χ1) is 10.1. The molecule has 0 unspecified atom stereocenters. The Morgan fingerprint density at radius 3 is 2.43 bits per heavy atom. The van der Waals surface area contributed by atoms with E-state index in [1.807, 2.05) is 18.2 Å². The minimum atomic E-state index is -0.446. The minimum absolute atomic E-state index is 0.285. The smallest absolute Gasteiger partial charge is 0.311 e. The molecule has 21 heavy (non-hydrogen) atoms. The molecule has 2 aromatic rings. The monoisotopic (exact) mass is 287 g/mol. The predicted molar refractivity (Wildman–Crippen MR) is 83.5 cm³/mol. The summed E-state index contributed by atoms with van der Waals surface area (Å²) < 4.78 is 0. The molecule has 2 rings (SSSR count). The van der Waals surface area contributed by atoms with E-state index in [-0.39, 0.29) is 5.56 Å². The highest BCUT2D eigenvalue weighted by molar-refractivity contribution is 5.16. The molecule has 0 aliphatic heterocycles. The molecule has 1 aromatic heterocycles. The van der Waals surface area contributed by atoms with Crippen molar-refractivity contribution in [3.05, 3.63) is 68.0 Å². The predicted octanol–water partition coefficient (Wildman–Crippen LogP) is 1.44. The summed E-state index contributed by atoms with van der Waals surface area (Å²) in [6.07, 6.45) is 0.624. The molecule has 2 N–H and O–H groups in total. The quantitative estimate of drug-likeness (QED) is 0.844. The van der Waals surface area contributed by atoms with Crippen LogP contribution in [0.15, 0.2) is 39.9 Å². The average molecular weight is 287 g/mol. The fourth-order valence-corrected chi connectivity index (χ4v) is 2.39. The van der Waals surface area contributed by atoms with Gasteiger partial charge in [-0.1, -0.05) is 37.3 Å². The maximum Gasteiger partial charge on any atom is 0.325 e. The zero-order valence-corrected chi connectivity index (χ0v) is 12.5. The van der Waals surface area contributed by atoms with Gasteiger partial charge in [0.2, 0.25) is 0 Å². The highest BCUT2D eigenvalue weighted by Crippen LogP contribution is 2.06. The Balaban J connectivity index is 2.04. The normalized spacial score (nSPS) is 11.0. The molecule has 0 aliphatic rings. The summed E-state index contributed by atoms with van der Waals surface area (Å²) in [7, 11) is 0. The Morgan fingerprint density at radius 2 is 1.81 bits per heavy atom. The molecule has 0 radical (unpaired) electrons. The van der Waals surface area contributed by atoms with E-state index in [4.69, 9.17) is 0 Å². The van der Waals surface area contributed by atoms with Crippen LogP contribution in [0.2, 0.25) is 0 Å². The first-order valence-electron chi connectivity index (χ1n) is 7.18. The minimum Gasteiger partial charge on any atom is -0.311 e. The van der Waals surface area contributed by atoms with Crippen molar-refractivity contribution in [2.45, 2.75) is 26.8 Å². The van der Waals surface area contributed by atoms with Crippen molar-refractivity contribution in [2.75, 3.05) is 13.1 Å². The molecule has 1 heterocycles. The van der Waals surface area contributed by atoms with Crippen molar-refractivity contribution >= 4 is 0 Å². The van der Waals surface area contributed by atoms with Crippen LogP contribution < -0.4 is 11.2 Å². The Bertz CT molecular complexity index is 689. The topological polar surface area (TPSA) is 69.0 Å². The van der Waals surface area contributed by atoms with Gasteiger partial charge in [-0.25, -0.2) is 4.79 Å². The van der Waals surface area contributed by atoms with E-state index in [1.54, 1.807) is 6.92 Å². The number of nitrogens with zero attached hydrogens (tertiary/aromatic N) is 1. The Morgan fingerprint density at radius 1 is 1.10 bits per heavy atom. The number of hydrogen-bond donors (Lipinski definition) is 2. The van der Waals surface area contributed by atoms with Gasteiger partial charge in [0.1, 0.15) is 0 Å². The maximum atomic E-state index is 11.8. The lowest BCUT2D eigenvalue weighted by atomic mass is 10.1. The molecule has 0 amide bonds. The number of aromatic amines is 2. The highest BCUT2D eigenvalue weighted by Gasteiger charge is 2.09. The Kier molecular flexibility index (Phi) is 5.11. The standard InChI is InChI=1S/C16H21N3O2/c1-3-19(11-13-7-5-4-6-8-13)10-9-14-12(2)17-16(21)18-15(14)20/h4-8H,3,9-11H2,1-2H3,(H2,17,18,20,21). The van der Waals surface area contributed by atoms with Crippen LogP contribution in [0.5, 0.6) is 0 Å². The number of rotatable bonds is 6. The molecule has 0 fully saturated rings. The number of aromatic nitrogens is 2.